The lowest BCUT2D eigenvalue weighted by Gasteiger charge is -2.19. The number of hydrogen-bond donors (Lipinski definition) is 1. The van der Waals surface area contributed by atoms with Crippen molar-refractivity contribution in [1.29, 1.82) is 0 Å². The molecule has 0 aliphatic rings. The second-order valence-electron chi connectivity index (χ2n) is 7.97. The number of aromatic nitrogens is 2. The van der Waals surface area contributed by atoms with Crippen LogP contribution in [0.25, 0.3) is 10.8 Å². The fourth-order valence-corrected chi connectivity index (χ4v) is 3.66. The third-order valence-electron chi connectivity index (χ3n) is 5.38. The summed E-state index contributed by atoms with van der Waals surface area (Å²) in [7, 11) is 0. The Hall–Kier alpha value is -4.26. The quantitative estimate of drug-likeness (QED) is 0.410. The maximum Gasteiger partial charge on any atom is 0.360 e. The van der Waals surface area contributed by atoms with Crippen LogP contribution in [0.15, 0.2) is 83.7 Å². The van der Waals surface area contributed by atoms with Crippen molar-refractivity contribution in [2.75, 3.05) is 5.32 Å². The number of nitrogens with one attached hydrogen (secondary N) is 1. The number of hydrogen-bond acceptors (Lipinski definition) is 5. The average molecular weight is 456 g/mol. The Morgan fingerprint density at radius 3 is 2.26 bits per heavy atom. The third kappa shape index (κ3) is 4.88. The zero-order chi connectivity index (χ0) is 24.1. The van der Waals surface area contributed by atoms with E-state index in [2.05, 4.69) is 10.4 Å². The van der Waals surface area contributed by atoms with Crippen LogP contribution < -0.4 is 10.9 Å². The molecular weight excluding hydrogens is 430 g/mol. The Morgan fingerprint density at radius 2 is 1.59 bits per heavy atom. The molecule has 4 rings (SSSR count). The van der Waals surface area contributed by atoms with Crippen LogP contribution in [0.3, 0.4) is 0 Å². The molecule has 0 bridgehead atoms. The second kappa shape index (κ2) is 10.1. The molecular formula is C27H25N3O4. The van der Waals surface area contributed by atoms with Crippen molar-refractivity contribution in [1.82, 2.24) is 9.78 Å². The molecule has 0 aliphatic heterocycles. The fraction of sp³-hybridized carbons (Fsp3) is 0.185. The van der Waals surface area contributed by atoms with Gasteiger partial charge < -0.3 is 10.1 Å². The number of benzene rings is 3. The summed E-state index contributed by atoms with van der Waals surface area (Å²) in [5, 5.41) is 7.86. The van der Waals surface area contributed by atoms with E-state index in [1.165, 1.54) is 4.68 Å². The monoisotopic (exact) mass is 455 g/mol. The summed E-state index contributed by atoms with van der Waals surface area (Å²) in [6, 6.07) is 22.9. The van der Waals surface area contributed by atoms with Crippen molar-refractivity contribution in [3.63, 3.8) is 0 Å². The van der Waals surface area contributed by atoms with Crippen LogP contribution in [-0.4, -0.2) is 21.7 Å². The first-order valence-electron chi connectivity index (χ1n) is 11.1. The minimum Gasteiger partial charge on any atom is -0.442 e. The van der Waals surface area contributed by atoms with E-state index in [-0.39, 0.29) is 11.3 Å². The molecule has 0 saturated heterocycles. The highest BCUT2D eigenvalue weighted by atomic mass is 16.5. The van der Waals surface area contributed by atoms with E-state index in [0.717, 1.165) is 5.56 Å². The lowest BCUT2D eigenvalue weighted by atomic mass is 10.1. The molecule has 34 heavy (non-hydrogen) atoms. The predicted octanol–water partition coefficient (Wildman–Crippen LogP) is 4.65. The average Bonchev–Trinajstić information content (AvgIpc) is 2.86. The van der Waals surface area contributed by atoms with Gasteiger partial charge in [-0.2, -0.15) is 5.10 Å². The fourth-order valence-electron chi connectivity index (χ4n) is 3.66. The van der Waals surface area contributed by atoms with E-state index in [4.69, 9.17) is 4.74 Å². The van der Waals surface area contributed by atoms with Crippen LogP contribution in [0.4, 0.5) is 5.69 Å². The Bertz CT molecular complexity index is 1380. The number of fused-ring (bicyclic) bond motifs is 1. The molecule has 4 aromatic rings. The lowest BCUT2D eigenvalue weighted by molar-refractivity contribution is -0.125. The van der Waals surface area contributed by atoms with Crippen molar-refractivity contribution < 1.29 is 14.3 Å². The molecule has 1 unspecified atom stereocenters. The van der Waals surface area contributed by atoms with Crippen LogP contribution in [-0.2, 0) is 16.1 Å². The minimum atomic E-state index is -1.21. The second-order valence-corrected chi connectivity index (χ2v) is 7.97. The molecule has 7 nitrogen and oxygen atoms in total. The normalized spacial score (nSPS) is 11.7. The van der Waals surface area contributed by atoms with Gasteiger partial charge in [-0.05, 0) is 31.5 Å². The number of nitrogens with zero attached hydrogens (tertiary/aromatic N) is 2. The van der Waals surface area contributed by atoms with Crippen LogP contribution in [0.1, 0.15) is 41.1 Å². The van der Waals surface area contributed by atoms with Gasteiger partial charge in [0.2, 0.25) is 6.10 Å². The molecule has 7 heteroatoms. The standard InChI is InChI=1S/C27H25N3O4/c1-3-17-30-26(32)22-12-8-7-11-21(22)23(29-30)27(33)34-24(19-9-5-4-6-10-19)25(31)28-20-15-13-18(2)14-16-20/h4-16,24H,3,17H2,1-2H3,(H,28,31). The van der Waals surface area contributed by atoms with Gasteiger partial charge in [-0.15, -0.1) is 0 Å². The Morgan fingerprint density at radius 1 is 0.941 bits per heavy atom. The molecule has 0 radical (unpaired) electrons. The maximum atomic E-state index is 13.3. The summed E-state index contributed by atoms with van der Waals surface area (Å²) in [4.78, 5) is 39.3. The molecule has 1 amide bonds. The number of anilines is 1. The molecule has 1 aromatic heterocycles. The molecule has 172 valence electrons. The van der Waals surface area contributed by atoms with E-state index in [1.54, 1.807) is 60.7 Å². The summed E-state index contributed by atoms with van der Waals surface area (Å²) in [6.45, 7) is 4.23. The summed E-state index contributed by atoms with van der Waals surface area (Å²) in [6.07, 6.45) is -0.534. The molecule has 0 spiro atoms. The minimum absolute atomic E-state index is 0.00674. The highest BCUT2D eigenvalue weighted by Gasteiger charge is 2.28. The lowest BCUT2D eigenvalue weighted by Crippen LogP contribution is -2.29. The molecule has 3 aromatic carbocycles. The third-order valence-corrected chi connectivity index (χ3v) is 5.38. The van der Waals surface area contributed by atoms with Crippen molar-refractivity contribution in [3.05, 3.63) is 106 Å². The molecule has 0 saturated carbocycles. The number of amides is 1. The Kier molecular flexibility index (Phi) is 6.82. The largest absolute Gasteiger partial charge is 0.442 e. The number of carbonyl (C=O) groups is 2. The summed E-state index contributed by atoms with van der Waals surface area (Å²) < 4.78 is 7.00. The highest BCUT2D eigenvalue weighted by molar-refractivity contribution is 6.04. The van der Waals surface area contributed by atoms with Gasteiger partial charge in [0.05, 0.1) is 5.39 Å². The smallest absolute Gasteiger partial charge is 0.360 e. The molecule has 1 heterocycles. The van der Waals surface area contributed by atoms with Crippen molar-refractivity contribution in [3.8, 4) is 0 Å². The number of rotatable bonds is 7. The van der Waals surface area contributed by atoms with Crippen molar-refractivity contribution in [2.45, 2.75) is 32.9 Å². The van der Waals surface area contributed by atoms with Gasteiger partial charge in [-0.1, -0.05) is 73.2 Å². The first-order chi connectivity index (χ1) is 16.5. The van der Waals surface area contributed by atoms with Gasteiger partial charge in [0.15, 0.2) is 5.69 Å². The highest BCUT2D eigenvalue weighted by Crippen LogP contribution is 2.23. The molecule has 1 N–H and O–H groups in total. The maximum absolute atomic E-state index is 13.3. The van der Waals surface area contributed by atoms with E-state index in [0.29, 0.717) is 35.0 Å². The summed E-state index contributed by atoms with van der Waals surface area (Å²) in [5.74, 6) is -1.27. The number of carbonyl (C=O) groups excluding carboxylic acids is 2. The van der Waals surface area contributed by atoms with Crippen LogP contribution in [0.5, 0.6) is 0 Å². The summed E-state index contributed by atoms with van der Waals surface area (Å²) in [5.41, 5.74) is 1.89. The van der Waals surface area contributed by atoms with Crippen molar-refractivity contribution in [2.24, 2.45) is 0 Å². The van der Waals surface area contributed by atoms with Gasteiger partial charge in [0.1, 0.15) is 0 Å². The summed E-state index contributed by atoms with van der Waals surface area (Å²) >= 11 is 0. The molecule has 0 fully saturated rings. The van der Waals surface area contributed by atoms with Crippen LogP contribution >= 0.6 is 0 Å². The first kappa shape index (κ1) is 22.9. The van der Waals surface area contributed by atoms with E-state index in [1.807, 2.05) is 32.0 Å². The van der Waals surface area contributed by atoms with Gasteiger partial charge in [0.25, 0.3) is 11.5 Å². The number of ether oxygens (including phenoxy) is 1. The van der Waals surface area contributed by atoms with Gasteiger partial charge in [0, 0.05) is 23.2 Å². The first-order valence-corrected chi connectivity index (χ1v) is 11.1. The van der Waals surface area contributed by atoms with E-state index in [9.17, 15) is 14.4 Å². The number of esters is 1. The van der Waals surface area contributed by atoms with Crippen molar-refractivity contribution >= 4 is 28.3 Å². The van der Waals surface area contributed by atoms with Crippen LogP contribution in [0, 0.1) is 6.92 Å². The predicted molar refractivity (Wildman–Crippen MR) is 131 cm³/mol. The van der Waals surface area contributed by atoms with E-state index >= 15 is 0 Å². The SMILES string of the molecule is CCCn1nc(C(=O)OC(C(=O)Nc2ccc(C)cc2)c2ccccc2)c2ccccc2c1=O. The van der Waals surface area contributed by atoms with Gasteiger partial charge >= 0.3 is 5.97 Å². The topological polar surface area (TPSA) is 90.3 Å². The van der Waals surface area contributed by atoms with E-state index < -0.39 is 18.0 Å². The molecule has 0 aliphatic carbocycles. The zero-order valence-corrected chi connectivity index (χ0v) is 19.0. The van der Waals surface area contributed by atoms with Gasteiger partial charge in [-0.3, -0.25) is 9.59 Å². The van der Waals surface area contributed by atoms with Crippen LogP contribution in [0.2, 0.25) is 0 Å². The molecule has 1 atom stereocenters. The van der Waals surface area contributed by atoms with Gasteiger partial charge in [-0.25, -0.2) is 9.48 Å². The Labute approximate surface area is 197 Å². The number of aryl methyl sites for hydroxylation is 2. The zero-order valence-electron chi connectivity index (χ0n) is 19.0. The Balaban J connectivity index is 1.71.